The normalized spacial score (nSPS) is 12.3. The molecule has 0 radical (unpaired) electrons. The van der Waals surface area contributed by atoms with Crippen molar-refractivity contribution in [3.8, 4) is 11.3 Å². The third kappa shape index (κ3) is 2.70. The van der Waals surface area contributed by atoms with Gasteiger partial charge in [0.2, 0.25) is 0 Å². The van der Waals surface area contributed by atoms with Crippen LogP contribution < -0.4 is 5.73 Å². The molecule has 0 fully saturated rings. The van der Waals surface area contributed by atoms with Crippen molar-refractivity contribution in [1.82, 2.24) is 9.97 Å². The molecule has 17 heavy (non-hydrogen) atoms. The van der Waals surface area contributed by atoms with E-state index in [1.807, 2.05) is 30.3 Å². The van der Waals surface area contributed by atoms with Crippen molar-refractivity contribution in [3.05, 3.63) is 42.4 Å². The highest BCUT2D eigenvalue weighted by Gasteiger charge is 2.14. The van der Waals surface area contributed by atoms with Gasteiger partial charge in [0.1, 0.15) is 5.82 Å². The van der Waals surface area contributed by atoms with E-state index in [4.69, 9.17) is 10.8 Å². The van der Waals surface area contributed by atoms with Gasteiger partial charge in [-0.15, -0.1) is 0 Å². The van der Waals surface area contributed by atoms with E-state index in [2.05, 4.69) is 9.97 Å². The van der Waals surface area contributed by atoms with Crippen LogP contribution in [-0.2, 0) is 4.79 Å². The van der Waals surface area contributed by atoms with E-state index in [1.54, 1.807) is 6.20 Å². The van der Waals surface area contributed by atoms with Crippen molar-refractivity contribution in [2.75, 3.05) is 0 Å². The third-order valence-corrected chi connectivity index (χ3v) is 2.43. The van der Waals surface area contributed by atoms with Gasteiger partial charge in [0.05, 0.1) is 24.4 Å². The molecule has 0 spiro atoms. The Labute approximate surface area is 98.3 Å². The minimum Gasteiger partial charge on any atom is -0.481 e. The maximum atomic E-state index is 10.5. The Kier molecular flexibility index (Phi) is 3.20. The van der Waals surface area contributed by atoms with Crippen LogP contribution in [0.3, 0.4) is 0 Å². The second-order valence-electron chi connectivity index (χ2n) is 3.75. The molecule has 0 bridgehead atoms. The van der Waals surface area contributed by atoms with Crippen molar-refractivity contribution in [2.45, 2.75) is 12.5 Å². The highest BCUT2D eigenvalue weighted by Crippen LogP contribution is 2.19. The van der Waals surface area contributed by atoms with Gasteiger partial charge in [0.15, 0.2) is 0 Å². The predicted octanol–water partition coefficient (Wildman–Crippen LogP) is 1.55. The summed E-state index contributed by atoms with van der Waals surface area (Å²) in [5.74, 6) is -0.443. The van der Waals surface area contributed by atoms with Crippen LogP contribution in [0.5, 0.6) is 0 Å². The highest BCUT2D eigenvalue weighted by molar-refractivity contribution is 5.67. The first kappa shape index (κ1) is 11.3. The topological polar surface area (TPSA) is 92.0 Å². The van der Waals surface area contributed by atoms with Gasteiger partial charge < -0.3 is 15.8 Å². The van der Waals surface area contributed by atoms with Gasteiger partial charge >= 0.3 is 5.97 Å². The van der Waals surface area contributed by atoms with Crippen molar-refractivity contribution in [1.29, 1.82) is 0 Å². The minimum absolute atomic E-state index is 0.137. The van der Waals surface area contributed by atoms with E-state index in [0.717, 1.165) is 11.3 Å². The Morgan fingerprint density at radius 1 is 1.41 bits per heavy atom. The molecule has 2 rings (SSSR count). The van der Waals surface area contributed by atoms with E-state index >= 15 is 0 Å². The number of imidazole rings is 1. The number of benzene rings is 1. The number of rotatable bonds is 4. The fourth-order valence-corrected chi connectivity index (χ4v) is 1.57. The number of carboxylic acids is 1. The van der Waals surface area contributed by atoms with Gasteiger partial charge in [-0.1, -0.05) is 30.3 Å². The molecule has 88 valence electrons. The number of hydrogen-bond acceptors (Lipinski definition) is 3. The zero-order chi connectivity index (χ0) is 12.3. The van der Waals surface area contributed by atoms with E-state index in [-0.39, 0.29) is 6.42 Å². The summed E-state index contributed by atoms with van der Waals surface area (Å²) in [5, 5.41) is 8.65. The largest absolute Gasteiger partial charge is 0.481 e. The number of H-pyrrole nitrogens is 1. The highest BCUT2D eigenvalue weighted by atomic mass is 16.4. The summed E-state index contributed by atoms with van der Waals surface area (Å²) < 4.78 is 0. The number of nitrogens with one attached hydrogen (secondary N) is 1. The molecule has 1 aromatic carbocycles. The maximum Gasteiger partial charge on any atom is 0.305 e. The molecule has 0 saturated carbocycles. The SMILES string of the molecule is N[C@H](CC(=O)O)c1ncc(-c2ccccc2)[nH]1. The Bertz CT molecular complexity index is 507. The van der Waals surface area contributed by atoms with Gasteiger partial charge in [-0.25, -0.2) is 4.98 Å². The lowest BCUT2D eigenvalue weighted by molar-refractivity contribution is -0.137. The average Bonchev–Trinajstić information content (AvgIpc) is 2.78. The van der Waals surface area contributed by atoms with E-state index in [9.17, 15) is 4.79 Å². The van der Waals surface area contributed by atoms with Gasteiger partial charge in [0, 0.05) is 0 Å². The first-order valence-electron chi connectivity index (χ1n) is 5.24. The lowest BCUT2D eigenvalue weighted by Gasteiger charge is -2.04. The molecule has 2 aromatic rings. The van der Waals surface area contributed by atoms with Crippen LogP contribution in [0.1, 0.15) is 18.3 Å². The van der Waals surface area contributed by atoms with Gasteiger partial charge in [-0.05, 0) is 5.56 Å². The Morgan fingerprint density at radius 3 is 2.76 bits per heavy atom. The van der Waals surface area contributed by atoms with Crippen LogP contribution in [0, 0.1) is 0 Å². The van der Waals surface area contributed by atoms with E-state index in [1.165, 1.54) is 0 Å². The number of nitrogens with zero attached hydrogens (tertiary/aromatic N) is 1. The van der Waals surface area contributed by atoms with Crippen molar-refractivity contribution in [3.63, 3.8) is 0 Å². The summed E-state index contributed by atoms with van der Waals surface area (Å²) >= 11 is 0. The maximum absolute atomic E-state index is 10.5. The van der Waals surface area contributed by atoms with Crippen molar-refractivity contribution in [2.24, 2.45) is 5.73 Å². The summed E-state index contributed by atoms with van der Waals surface area (Å²) in [4.78, 5) is 17.7. The van der Waals surface area contributed by atoms with Crippen LogP contribution in [-0.4, -0.2) is 21.0 Å². The smallest absolute Gasteiger partial charge is 0.305 e. The fourth-order valence-electron chi connectivity index (χ4n) is 1.57. The molecule has 0 aliphatic heterocycles. The Morgan fingerprint density at radius 2 is 2.12 bits per heavy atom. The molecule has 1 heterocycles. The molecule has 0 aliphatic rings. The van der Waals surface area contributed by atoms with Gasteiger partial charge in [-0.2, -0.15) is 0 Å². The third-order valence-electron chi connectivity index (χ3n) is 2.43. The Balaban J connectivity index is 2.19. The second-order valence-corrected chi connectivity index (χ2v) is 3.75. The molecule has 1 atom stereocenters. The zero-order valence-corrected chi connectivity index (χ0v) is 9.13. The lowest BCUT2D eigenvalue weighted by atomic mass is 10.2. The molecule has 0 aliphatic carbocycles. The zero-order valence-electron chi connectivity index (χ0n) is 9.13. The summed E-state index contributed by atoms with van der Waals surface area (Å²) in [7, 11) is 0. The molecule has 1 aromatic heterocycles. The fraction of sp³-hybridized carbons (Fsp3) is 0.167. The first-order valence-corrected chi connectivity index (χ1v) is 5.24. The number of aliphatic carboxylic acids is 1. The predicted molar refractivity (Wildman–Crippen MR) is 63.2 cm³/mol. The number of nitrogens with two attached hydrogens (primary N) is 1. The quantitative estimate of drug-likeness (QED) is 0.744. The van der Waals surface area contributed by atoms with E-state index in [0.29, 0.717) is 5.82 Å². The molecule has 0 amide bonds. The van der Waals surface area contributed by atoms with Crippen LogP contribution in [0.15, 0.2) is 36.5 Å². The second kappa shape index (κ2) is 4.80. The molecule has 5 nitrogen and oxygen atoms in total. The first-order chi connectivity index (χ1) is 8.16. The summed E-state index contributed by atoms with van der Waals surface area (Å²) in [6.45, 7) is 0. The molecular formula is C12H13N3O2. The molecule has 5 heteroatoms. The van der Waals surface area contributed by atoms with Gasteiger partial charge in [0.25, 0.3) is 0 Å². The lowest BCUT2D eigenvalue weighted by Crippen LogP contribution is -2.16. The van der Waals surface area contributed by atoms with Gasteiger partial charge in [-0.3, -0.25) is 4.79 Å². The van der Waals surface area contributed by atoms with Crippen LogP contribution in [0.25, 0.3) is 11.3 Å². The number of carbonyl (C=O) groups is 1. The monoisotopic (exact) mass is 231 g/mol. The van der Waals surface area contributed by atoms with Crippen molar-refractivity contribution < 1.29 is 9.90 Å². The molecule has 0 unspecified atom stereocenters. The van der Waals surface area contributed by atoms with Crippen LogP contribution in [0.2, 0.25) is 0 Å². The number of aromatic nitrogens is 2. The van der Waals surface area contributed by atoms with Crippen LogP contribution in [0.4, 0.5) is 0 Å². The van der Waals surface area contributed by atoms with Crippen LogP contribution >= 0.6 is 0 Å². The number of carboxylic acid groups (broad SMARTS) is 1. The average molecular weight is 231 g/mol. The molecule has 0 saturated heterocycles. The van der Waals surface area contributed by atoms with Crippen molar-refractivity contribution >= 4 is 5.97 Å². The Hall–Kier alpha value is -2.14. The summed E-state index contributed by atoms with van der Waals surface area (Å²) in [6.07, 6.45) is 1.52. The number of hydrogen-bond donors (Lipinski definition) is 3. The number of aromatic amines is 1. The molecule has 4 N–H and O–H groups in total. The summed E-state index contributed by atoms with van der Waals surface area (Å²) in [6, 6.07) is 9.06. The standard InChI is InChI=1S/C12H13N3O2/c13-9(6-11(16)17)12-14-7-10(15-12)8-4-2-1-3-5-8/h1-5,7,9H,6,13H2,(H,14,15)(H,16,17)/t9-/m1/s1. The molecular weight excluding hydrogens is 218 g/mol. The summed E-state index contributed by atoms with van der Waals surface area (Å²) in [5.41, 5.74) is 7.54. The minimum atomic E-state index is -0.935. The van der Waals surface area contributed by atoms with E-state index < -0.39 is 12.0 Å².